The number of imidazole rings is 1. The van der Waals surface area contributed by atoms with Crippen LogP contribution < -0.4 is 4.57 Å². The molecule has 0 radical (unpaired) electrons. The van der Waals surface area contributed by atoms with Crippen LogP contribution in [0.3, 0.4) is 0 Å². The van der Waals surface area contributed by atoms with Crippen LogP contribution in [0.25, 0.3) is 0 Å². The molecule has 0 amide bonds. The highest BCUT2D eigenvalue weighted by atomic mass is 32.1. The molecule has 0 fully saturated rings. The molecule has 1 rings (SSSR count). The molecule has 1 aromatic rings. The molecule has 0 saturated heterocycles. The maximum Gasteiger partial charge on any atom is 0.300 e. The van der Waals surface area contributed by atoms with Crippen LogP contribution >= 0.6 is 0 Å². The summed E-state index contributed by atoms with van der Waals surface area (Å²) in [4.78, 5) is 9.00. The van der Waals surface area contributed by atoms with E-state index in [0.29, 0.717) is 0 Å². The van der Waals surface area contributed by atoms with Crippen molar-refractivity contribution < 1.29 is 14.5 Å². The Morgan fingerprint density at radius 2 is 2.13 bits per heavy atom. The summed E-state index contributed by atoms with van der Waals surface area (Å²) in [5, 5.41) is 15.9. The van der Waals surface area contributed by atoms with Crippen LogP contribution in [-0.2, 0) is 31.0 Å². The summed E-state index contributed by atoms with van der Waals surface area (Å²) in [5.74, 6) is -0.833. The van der Waals surface area contributed by atoms with Crippen molar-refractivity contribution >= 4 is 18.6 Å². The monoisotopic (exact) mass is 229 g/mol. The molecule has 1 N–H and O–H groups in total. The Labute approximate surface area is 95.0 Å². The van der Waals surface area contributed by atoms with E-state index in [-0.39, 0.29) is 0 Å². The third-order valence-electron chi connectivity index (χ3n) is 1.19. The van der Waals surface area contributed by atoms with Crippen molar-refractivity contribution in [3.63, 3.8) is 0 Å². The van der Waals surface area contributed by atoms with Gasteiger partial charge in [-0.25, -0.2) is 14.4 Å². The van der Waals surface area contributed by atoms with Crippen LogP contribution in [0.15, 0.2) is 18.7 Å². The van der Waals surface area contributed by atoms with E-state index in [1.165, 1.54) is 5.40 Å². The third-order valence-corrected chi connectivity index (χ3v) is 1.19. The average molecular weight is 229 g/mol. The Morgan fingerprint density at radius 3 is 2.27 bits per heavy atom. The number of hydrogen-bond acceptors (Lipinski definition) is 3. The Morgan fingerprint density at radius 1 is 1.73 bits per heavy atom. The molecular weight excluding hydrogens is 214 g/mol. The van der Waals surface area contributed by atoms with E-state index >= 15 is 0 Å². The van der Waals surface area contributed by atoms with Crippen molar-refractivity contribution in [2.24, 2.45) is 7.05 Å². The second kappa shape index (κ2) is 10.5. The molecule has 0 aliphatic carbocycles. The van der Waals surface area contributed by atoms with E-state index in [4.69, 9.17) is 15.2 Å². The van der Waals surface area contributed by atoms with Gasteiger partial charge in [-0.2, -0.15) is 0 Å². The molecule has 0 aromatic carbocycles. The Hall–Kier alpha value is -1.61. The van der Waals surface area contributed by atoms with Crippen molar-refractivity contribution in [3.8, 4) is 5.40 Å². The largest absolute Gasteiger partial charge is 0.696 e. The molecule has 0 unspecified atom stereocenters. The summed E-state index contributed by atoms with van der Waals surface area (Å²) in [7, 11) is 2.02. The number of aliphatic carboxylic acids is 1. The highest BCUT2D eigenvalue weighted by molar-refractivity contribution is 7.64. The molecule has 1 heterocycles. The molecular formula is C9H15N3O2S. The normalized spacial score (nSPS) is 7.33. The van der Waals surface area contributed by atoms with Gasteiger partial charge in [-0.15, -0.1) is 0 Å². The Balaban J connectivity index is 0. The highest BCUT2D eigenvalue weighted by Gasteiger charge is 1.92. The van der Waals surface area contributed by atoms with E-state index in [9.17, 15) is 0 Å². The topological polar surface area (TPSA) is 69.9 Å². The van der Waals surface area contributed by atoms with Crippen molar-refractivity contribution in [2.75, 3.05) is 0 Å². The van der Waals surface area contributed by atoms with Crippen LogP contribution in [0.2, 0.25) is 0 Å². The van der Waals surface area contributed by atoms with Crippen molar-refractivity contribution in [2.45, 2.75) is 20.4 Å². The standard InChI is InChI=1S/C6H11N2.C2H4O2.CHNS/c1-3-8-5-4-7(2)6-8;1-2(3)4;2-1-3/h4-6H,3H2,1-2H3;1H3,(H,3,4);3H/q+1;;/p-1. The first-order valence-corrected chi connectivity index (χ1v) is 4.60. The van der Waals surface area contributed by atoms with Gasteiger partial charge < -0.3 is 17.7 Å². The van der Waals surface area contributed by atoms with E-state index in [2.05, 4.69) is 36.6 Å². The number of thiocyanates is 1. The molecule has 1 aromatic heterocycles. The Bertz CT molecular complexity index is 313. The molecule has 0 bridgehead atoms. The van der Waals surface area contributed by atoms with Crippen LogP contribution in [0.5, 0.6) is 0 Å². The lowest BCUT2D eigenvalue weighted by atomic mass is 10.7. The minimum atomic E-state index is -0.833. The number of hydrogen-bond donors (Lipinski definition) is 1. The van der Waals surface area contributed by atoms with Gasteiger partial charge in [0.1, 0.15) is 12.4 Å². The smallest absolute Gasteiger partial charge is 0.300 e. The Kier molecular flexibility index (Phi) is 11.1. The molecule has 0 aliphatic heterocycles. The number of rotatable bonds is 1. The van der Waals surface area contributed by atoms with Crippen LogP contribution in [-0.4, -0.2) is 15.6 Å². The van der Waals surface area contributed by atoms with Crippen LogP contribution in [0.4, 0.5) is 0 Å². The fraction of sp³-hybridized carbons (Fsp3) is 0.444. The molecule has 84 valence electrons. The minimum absolute atomic E-state index is 0.833. The van der Waals surface area contributed by atoms with Gasteiger partial charge in [0.2, 0.25) is 6.33 Å². The van der Waals surface area contributed by atoms with Gasteiger partial charge in [-0.05, 0) is 6.92 Å². The van der Waals surface area contributed by atoms with E-state index in [1.807, 2.05) is 17.8 Å². The molecule has 0 aliphatic rings. The number of aromatic nitrogens is 2. The average Bonchev–Trinajstić information content (AvgIpc) is 2.51. The predicted molar refractivity (Wildman–Crippen MR) is 57.6 cm³/mol. The summed E-state index contributed by atoms with van der Waals surface area (Å²) in [6.07, 6.45) is 6.14. The lowest BCUT2D eigenvalue weighted by Gasteiger charge is -1.81. The summed E-state index contributed by atoms with van der Waals surface area (Å²) in [6, 6.07) is 0. The summed E-state index contributed by atoms with van der Waals surface area (Å²) >= 11 is 3.70. The van der Waals surface area contributed by atoms with Crippen molar-refractivity contribution in [3.05, 3.63) is 18.7 Å². The van der Waals surface area contributed by atoms with E-state index in [1.54, 1.807) is 0 Å². The zero-order valence-electron chi connectivity index (χ0n) is 9.04. The molecule has 0 atom stereocenters. The summed E-state index contributed by atoms with van der Waals surface area (Å²) in [6.45, 7) is 4.26. The number of nitrogens with zero attached hydrogens (tertiary/aromatic N) is 3. The first-order valence-electron chi connectivity index (χ1n) is 4.19. The quantitative estimate of drug-likeness (QED) is 0.431. The van der Waals surface area contributed by atoms with Gasteiger partial charge in [-0.1, -0.05) is 5.40 Å². The zero-order chi connectivity index (χ0) is 12.3. The first-order chi connectivity index (χ1) is 6.97. The molecule has 5 nitrogen and oxygen atoms in total. The lowest BCUT2D eigenvalue weighted by Crippen LogP contribution is -2.23. The van der Waals surface area contributed by atoms with E-state index in [0.717, 1.165) is 13.5 Å². The predicted octanol–water partition coefficient (Wildman–Crippen LogP) is 0.438. The maximum absolute atomic E-state index is 9.00. The van der Waals surface area contributed by atoms with Crippen LogP contribution in [0, 0.1) is 10.7 Å². The fourth-order valence-corrected chi connectivity index (χ4v) is 0.689. The van der Waals surface area contributed by atoms with Crippen molar-refractivity contribution in [1.82, 2.24) is 4.57 Å². The molecule has 0 saturated carbocycles. The van der Waals surface area contributed by atoms with Crippen LogP contribution in [0.1, 0.15) is 13.8 Å². The fourth-order valence-electron chi connectivity index (χ4n) is 0.689. The molecule has 15 heavy (non-hydrogen) atoms. The van der Waals surface area contributed by atoms with Crippen molar-refractivity contribution in [1.29, 1.82) is 5.26 Å². The number of carbonyl (C=O) groups is 1. The number of carboxylic acids is 1. The number of aryl methyl sites for hydroxylation is 2. The maximum atomic E-state index is 9.00. The number of nitriles is 1. The number of carboxylic acid groups (broad SMARTS) is 1. The summed E-state index contributed by atoms with van der Waals surface area (Å²) in [5.41, 5.74) is 0. The van der Waals surface area contributed by atoms with Gasteiger partial charge in [-0.3, -0.25) is 4.79 Å². The second-order valence-corrected chi connectivity index (χ2v) is 2.70. The highest BCUT2D eigenvalue weighted by Crippen LogP contribution is 1.79. The van der Waals surface area contributed by atoms with Gasteiger partial charge in [0, 0.05) is 6.92 Å². The molecule has 6 heteroatoms. The van der Waals surface area contributed by atoms with Gasteiger partial charge in [0.15, 0.2) is 0 Å². The summed E-state index contributed by atoms with van der Waals surface area (Å²) < 4.78 is 4.16. The van der Waals surface area contributed by atoms with Gasteiger partial charge >= 0.3 is 0 Å². The van der Waals surface area contributed by atoms with Gasteiger partial charge in [0.25, 0.3) is 5.97 Å². The SMILES string of the molecule is CC(=O)O.CCn1cc[n+](C)c1.N#C[S-]. The third kappa shape index (κ3) is 15.2. The first kappa shape index (κ1) is 15.8. The second-order valence-electron chi connectivity index (χ2n) is 2.52. The van der Waals surface area contributed by atoms with E-state index < -0.39 is 5.97 Å². The molecule has 0 spiro atoms. The lowest BCUT2D eigenvalue weighted by molar-refractivity contribution is -0.671. The zero-order valence-corrected chi connectivity index (χ0v) is 9.86. The van der Waals surface area contributed by atoms with Gasteiger partial charge in [0.05, 0.1) is 13.6 Å². The minimum Gasteiger partial charge on any atom is -0.696 e.